The summed E-state index contributed by atoms with van der Waals surface area (Å²) in [6.07, 6.45) is 3.04. The van der Waals surface area contributed by atoms with Crippen molar-refractivity contribution >= 4 is 31.6 Å². The number of carbonyl (C=O) groups excluding carboxylic acids is 1. The fourth-order valence-corrected chi connectivity index (χ4v) is 5.64. The van der Waals surface area contributed by atoms with Crippen LogP contribution in [0, 0.1) is 0 Å². The molecule has 9 nitrogen and oxygen atoms in total. The number of sulfonamides is 2. The van der Waals surface area contributed by atoms with E-state index >= 15 is 0 Å². The average Bonchev–Trinajstić information content (AvgIpc) is 3.22. The average molecular weight is 427 g/mol. The van der Waals surface area contributed by atoms with E-state index in [2.05, 4.69) is 9.44 Å². The molecule has 2 heterocycles. The van der Waals surface area contributed by atoms with Crippen LogP contribution in [0.3, 0.4) is 0 Å². The van der Waals surface area contributed by atoms with E-state index in [4.69, 9.17) is 0 Å². The van der Waals surface area contributed by atoms with Gasteiger partial charge in [0, 0.05) is 24.1 Å². The van der Waals surface area contributed by atoms with Gasteiger partial charge in [0.15, 0.2) is 0 Å². The van der Waals surface area contributed by atoms with Gasteiger partial charge in [0.05, 0.1) is 0 Å². The van der Waals surface area contributed by atoms with Gasteiger partial charge < -0.3 is 9.47 Å². The van der Waals surface area contributed by atoms with Crippen molar-refractivity contribution in [3.8, 4) is 0 Å². The molecule has 1 unspecified atom stereocenters. The first-order valence-corrected chi connectivity index (χ1v) is 11.5. The Bertz CT molecular complexity index is 1070. The Balaban J connectivity index is 1.98. The molecule has 28 heavy (non-hydrogen) atoms. The van der Waals surface area contributed by atoms with Gasteiger partial charge in [0.25, 0.3) is 0 Å². The van der Waals surface area contributed by atoms with Crippen molar-refractivity contribution in [3.05, 3.63) is 42.2 Å². The number of nitrogens with zero attached hydrogens (tertiary/aromatic N) is 2. The van der Waals surface area contributed by atoms with Gasteiger partial charge in [0.1, 0.15) is 16.3 Å². The van der Waals surface area contributed by atoms with Crippen LogP contribution in [0.1, 0.15) is 12.5 Å². The van der Waals surface area contributed by atoms with Crippen LogP contribution in [0.25, 0.3) is 0 Å². The van der Waals surface area contributed by atoms with Crippen LogP contribution in [-0.4, -0.2) is 47.4 Å². The number of para-hydroxylation sites is 1. The van der Waals surface area contributed by atoms with E-state index in [1.807, 2.05) is 31.2 Å². The third kappa shape index (κ3) is 3.58. The molecule has 152 valence electrons. The zero-order chi connectivity index (χ0) is 20.7. The molecular weight excluding hydrogens is 404 g/mol. The number of hydrogen-bond donors (Lipinski definition) is 2. The number of nitrogens with one attached hydrogen (secondary N) is 2. The van der Waals surface area contributed by atoms with Crippen LogP contribution < -0.4 is 14.3 Å². The minimum absolute atomic E-state index is 0.0403. The number of hydrogen-bond acceptors (Lipinski definition) is 5. The van der Waals surface area contributed by atoms with Crippen LogP contribution in [-0.2, 0) is 37.8 Å². The molecule has 2 N–H and O–H groups in total. The highest BCUT2D eigenvalue weighted by Crippen LogP contribution is 2.32. The first kappa shape index (κ1) is 20.5. The normalized spacial score (nSPS) is 17.0. The van der Waals surface area contributed by atoms with Crippen molar-refractivity contribution in [1.82, 2.24) is 14.0 Å². The number of anilines is 1. The second-order valence-corrected chi connectivity index (χ2v) is 10.2. The Morgan fingerprint density at radius 1 is 1.04 bits per heavy atom. The molecule has 2 aromatic rings. The molecule has 0 saturated heterocycles. The maximum Gasteiger partial charge on any atom is 0.247 e. The second-order valence-electron chi connectivity index (χ2n) is 6.52. The molecule has 1 atom stereocenters. The Kier molecular flexibility index (Phi) is 5.36. The van der Waals surface area contributed by atoms with Crippen molar-refractivity contribution in [3.63, 3.8) is 0 Å². The van der Waals surface area contributed by atoms with Gasteiger partial charge in [-0.2, -0.15) is 0 Å². The van der Waals surface area contributed by atoms with Crippen LogP contribution in [0.2, 0.25) is 0 Å². The molecule has 1 aromatic carbocycles. The predicted octanol–water partition coefficient (Wildman–Crippen LogP) is 0.282. The second kappa shape index (κ2) is 7.32. The van der Waals surface area contributed by atoms with Crippen molar-refractivity contribution < 1.29 is 21.6 Å². The molecule has 11 heteroatoms. The fourth-order valence-electron chi connectivity index (χ4n) is 3.36. The van der Waals surface area contributed by atoms with E-state index in [0.717, 1.165) is 30.1 Å². The predicted molar refractivity (Wildman–Crippen MR) is 104 cm³/mol. The summed E-state index contributed by atoms with van der Waals surface area (Å²) in [6, 6.07) is 7.54. The zero-order valence-corrected chi connectivity index (χ0v) is 17.3. The highest BCUT2D eigenvalue weighted by atomic mass is 32.2. The summed E-state index contributed by atoms with van der Waals surface area (Å²) < 4.78 is 54.5. The molecule has 1 amide bonds. The molecule has 0 aliphatic carbocycles. The maximum atomic E-state index is 12.9. The monoisotopic (exact) mass is 426 g/mol. The maximum absolute atomic E-state index is 12.9. The molecule has 1 aromatic heterocycles. The summed E-state index contributed by atoms with van der Waals surface area (Å²) >= 11 is 0. The van der Waals surface area contributed by atoms with Gasteiger partial charge in [-0.25, -0.2) is 26.3 Å². The van der Waals surface area contributed by atoms with Crippen LogP contribution in [0.5, 0.6) is 0 Å². The lowest BCUT2D eigenvalue weighted by atomic mass is 10.1. The Morgan fingerprint density at radius 3 is 2.11 bits per heavy atom. The molecule has 1 aliphatic rings. The highest BCUT2D eigenvalue weighted by Gasteiger charge is 2.32. The number of amides is 1. The lowest BCUT2D eigenvalue weighted by molar-refractivity contribution is -0.119. The Labute approximate surface area is 164 Å². The Hall–Kier alpha value is -2.21. The first-order valence-electron chi connectivity index (χ1n) is 8.57. The number of fused-ring (bicyclic) bond motifs is 1. The smallest absolute Gasteiger partial charge is 0.247 e. The summed E-state index contributed by atoms with van der Waals surface area (Å²) in [5, 5.41) is 0. The molecule has 1 aliphatic heterocycles. The van der Waals surface area contributed by atoms with Crippen molar-refractivity contribution in [1.29, 1.82) is 0 Å². The molecule has 0 spiro atoms. The molecule has 0 saturated carbocycles. The quantitative estimate of drug-likeness (QED) is 0.688. The Morgan fingerprint density at radius 2 is 1.57 bits per heavy atom. The number of rotatable bonds is 6. The van der Waals surface area contributed by atoms with Gasteiger partial charge in [-0.05, 0) is 39.1 Å². The van der Waals surface area contributed by atoms with Gasteiger partial charge in [0.2, 0.25) is 26.0 Å². The summed E-state index contributed by atoms with van der Waals surface area (Å²) in [5.41, 5.74) is 1.88. The first-order chi connectivity index (χ1) is 13.1. The van der Waals surface area contributed by atoms with E-state index in [1.54, 1.807) is 4.90 Å². The minimum atomic E-state index is -4.03. The minimum Gasteiger partial charge on any atom is -0.342 e. The van der Waals surface area contributed by atoms with Crippen molar-refractivity contribution in [2.45, 2.75) is 35.7 Å². The molecule has 0 fully saturated rings. The topological polar surface area (TPSA) is 118 Å². The molecular formula is C17H22N4O5S2. The fraction of sp³-hybridized carbons (Fsp3) is 0.353. The van der Waals surface area contributed by atoms with E-state index in [0.29, 0.717) is 0 Å². The van der Waals surface area contributed by atoms with Crippen LogP contribution in [0.15, 0.2) is 46.5 Å². The van der Waals surface area contributed by atoms with E-state index in [1.165, 1.54) is 18.7 Å². The van der Waals surface area contributed by atoms with Gasteiger partial charge >= 0.3 is 0 Å². The van der Waals surface area contributed by atoms with Crippen LogP contribution >= 0.6 is 0 Å². The number of benzene rings is 1. The largest absolute Gasteiger partial charge is 0.342 e. The molecule has 0 radical (unpaired) electrons. The lowest BCUT2D eigenvalue weighted by Crippen LogP contribution is -2.37. The van der Waals surface area contributed by atoms with Crippen molar-refractivity contribution in [2.24, 2.45) is 0 Å². The lowest BCUT2D eigenvalue weighted by Gasteiger charge is -2.23. The van der Waals surface area contributed by atoms with Crippen LogP contribution in [0.4, 0.5) is 5.69 Å². The number of carbonyl (C=O) groups is 1. The van der Waals surface area contributed by atoms with E-state index in [9.17, 15) is 21.6 Å². The summed E-state index contributed by atoms with van der Waals surface area (Å²) in [7, 11) is -5.68. The summed E-state index contributed by atoms with van der Waals surface area (Å²) in [4.78, 5) is 13.8. The SMILES string of the molecule is CNS(=O)(=O)c1cn(CC(=O)N2c3ccccc3CC2C)cc1S(=O)(=O)NC. The molecule has 3 rings (SSSR count). The third-order valence-electron chi connectivity index (χ3n) is 4.72. The number of aromatic nitrogens is 1. The van der Waals surface area contributed by atoms with E-state index < -0.39 is 29.8 Å². The van der Waals surface area contributed by atoms with Gasteiger partial charge in [-0.3, -0.25) is 4.79 Å². The van der Waals surface area contributed by atoms with Crippen molar-refractivity contribution in [2.75, 3.05) is 19.0 Å². The van der Waals surface area contributed by atoms with Gasteiger partial charge in [-0.1, -0.05) is 18.2 Å². The summed E-state index contributed by atoms with van der Waals surface area (Å²) in [5.74, 6) is -0.255. The summed E-state index contributed by atoms with van der Waals surface area (Å²) in [6.45, 7) is 1.74. The zero-order valence-electron chi connectivity index (χ0n) is 15.7. The highest BCUT2D eigenvalue weighted by molar-refractivity contribution is 7.92. The third-order valence-corrected chi connectivity index (χ3v) is 7.73. The van der Waals surface area contributed by atoms with Gasteiger partial charge in [-0.15, -0.1) is 0 Å². The van der Waals surface area contributed by atoms with E-state index in [-0.39, 0.29) is 18.5 Å². The standard InChI is InChI=1S/C17H22N4O5S2/c1-12-8-13-6-4-5-7-14(13)21(12)17(22)11-20-9-15(27(23,24)18-2)16(10-20)28(25,26)19-3/h4-7,9-10,12,18-19H,8,11H2,1-3H3. The molecule has 0 bridgehead atoms.